The number of benzene rings is 2. The number of para-hydroxylation sites is 2. The highest BCUT2D eigenvalue weighted by Crippen LogP contribution is 2.29. The third-order valence-electron chi connectivity index (χ3n) is 6.80. The Morgan fingerprint density at radius 3 is 2.16 bits per heavy atom. The highest BCUT2D eigenvalue weighted by Gasteiger charge is 2.20. The van der Waals surface area contributed by atoms with Gasteiger partial charge < -0.3 is 9.47 Å². The Morgan fingerprint density at radius 1 is 0.935 bits per heavy atom. The molecule has 4 rings (SSSR count). The minimum absolute atomic E-state index is 0.668. The van der Waals surface area contributed by atoms with Gasteiger partial charge in [0.2, 0.25) is 0 Å². The van der Waals surface area contributed by atoms with Crippen molar-refractivity contribution in [1.29, 1.82) is 0 Å². The van der Waals surface area contributed by atoms with Gasteiger partial charge in [-0.25, -0.2) is 0 Å². The van der Waals surface area contributed by atoms with Gasteiger partial charge in [-0.05, 0) is 81.9 Å². The maximum atomic E-state index is 5.37. The number of allylic oxidation sites excluding steroid dienone is 4. The van der Waals surface area contributed by atoms with Gasteiger partial charge in [0.15, 0.2) is 0 Å². The van der Waals surface area contributed by atoms with Crippen molar-refractivity contribution in [2.24, 2.45) is 5.92 Å². The van der Waals surface area contributed by atoms with Crippen LogP contribution in [-0.4, -0.2) is 29.1 Å². The van der Waals surface area contributed by atoms with Crippen LogP contribution >= 0.6 is 0 Å². The number of terminal acetylenes is 1. The Morgan fingerprint density at radius 2 is 1.55 bits per heavy atom. The summed E-state index contributed by atoms with van der Waals surface area (Å²) < 4.78 is 2.51. The molecule has 0 radical (unpaired) electrons. The third-order valence-corrected chi connectivity index (χ3v) is 6.80. The molecule has 160 valence electrons. The molecular formula is C29H34N2. The fourth-order valence-electron chi connectivity index (χ4n) is 5.13. The average molecular weight is 411 g/mol. The molecule has 2 aromatic carbocycles. The van der Waals surface area contributed by atoms with Crippen LogP contribution in [0.4, 0.5) is 0 Å². The minimum Gasteiger partial charge on any atom is -0.340 e. The molecule has 0 bridgehead atoms. The van der Waals surface area contributed by atoms with Crippen molar-refractivity contribution in [3.05, 3.63) is 72.3 Å². The summed E-state index contributed by atoms with van der Waals surface area (Å²) in [6.45, 7) is 6.87. The van der Waals surface area contributed by atoms with Crippen LogP contribution in [0.1, 0.15) is 39.0 Å². The van der Waals surface area contributed by atoms with Crippen LogP contribution in [0.5, 0.6) is 0 Å². The van der Waals surface area contributed by atoms with Gasteiger partial charge in [-0.1, -0.05) is 60.9 Å². The second kappa shape index (κ2) is 10.5. The van der Waals surface area contributed by atoms with Crippen LogP contribution in [0.2, 0.25) is 0 Å². The summed E-state index contributed by atoms with van der Waals surface area (Å²) in [6, 6.07) is 17.6. The van der Waals surface area contributed by atoms with E-state index in [2.05, 4.69) is 83.0 Å². The lowest BCUT2D eigenvalue weighted by atomic mass is 9.88. The van der Waals surface area contributed by atoms with Gasteiger partial charge in [0.1, 0.15) is 0 Å². The second-order valence-electron chi connectivity index (χ2n) is 8.65. The van der Waals surface area contributed by atoms with E-state index in [1.165, 1.54) is 79.1 Å². The Balaban J connectivity index is 1.25. The zero-order valence-electron chi connectivity index (χ0n) is 18.8. The van der Waals surface area contributed by atoms with Crippen LogP contribution in [0, 0.1) is 18.3 Å². The molecule has 1 fully saturated rings. The van der Waals surface area contributed by atoms with Gasteiger partial charge in [0.25, 0.3) is 0 Å². The van der Waals surface area contributed by atoms with Gasteiger partial charge in [-0.2, -0.15) is 0 Å². The molecule has 0 amide bonds. The van der Waals surface area contributed by atoms with E-state index < -0.39 is 0 Å². The first-order valence-corrected chi connectivity index (χ1v) is 11.8. The molecule has 1 aromatic heterocycles. The number of nitrogens with zero attached hydrogens (tertiary/aromatic N) is 2. The molecule has 0 unspecified atom stereocenters. The topological polar surface area (TPSA) is 8.17 Å². The largest absolute Gasteiger partial charge is 0.340 e. The first-order chi connectivity index (χ1) is 15.3. The molecule has 0 aliphatic carbocycles. The van der Waals surface area contributed by atoms with Crippen molar-refractivity contribution >= 4 is 21.8 Å². The zero-order valence-corrected chi connectivity index (χ0v) is 18.8. The number of hydrogen-bond donors (Lipinski definition) is 0. The highest BCUT2D eigenvalue weighted by atomic mass is 15.1. The molecular weight excluding hydrogens is 376 g/mol. The minimum atomic E-state index is 0.668. The predicted octanol–water partition coefficient (Wildman–Crippen LogP) is 6.81. The van der Waals surface area contributed by atoms with Gasteiger partial charge >= 0.3 is 0 Å². The van der Waals surface area contributed by atoms with Crippen molar-refractivity contribution in [3.8, 4) is 12.3 Å². The van der Waals surface area contributed by atoms with Gasteiger partial charge in [-0.15, -0.1) is 6.42 Å². The van der Waals surface area contributed by atoms with E-state index >= 15 is 0 Å². The number of rotatable bonds is 8. The van der Waals surface area contributed by atoms with E-state index in [4.69, 9.17) is 6.42 Å². The van der Waals surface area contributed by atoms with E-state index in [9.17, 15) is 0 Å². The molecule has 2 heteroatoms. The van der Waals surface area contributed by atoms with Crippen molar-refractivity contribution in [2.45, 2.75) is 45.6 Å². The molecule has 0 atom stereocenters. The number of fused-ring (bicyclic) bond motifs is 3. The van der Waals surface area contributed by atoms with E-state index in [0.717, 1.165) is 6.54 Å². The summed E-state index contributed by atoms with van der Waals surface area (Å²) >= 11 is 0. The Labute approximate surface area is 187 Å². The number of likely N-dealkylation sites (tertiary alicyclic amines) is 1. The second-order valence-corrected chi connectivity index (χ2v) is 8.65. The van der Waals surface area contributed by atoms with Crippen LogP contribution in [0.25, 0.3) is 21.8 Å². The molecule has 1 aliphatic heterocycles. The van der Waals surface area contributed by atoms with Gasteiger partial charge in [-0.3, -0.25) is 0 Å². The summed E-state index contributed by atoms with van der Waals surface area (Å²) in [4.78, 5) is 2.65. The number of unbranched alkanes of at least 4 members (excludes halogenated alkanes) is 2. The van der Waals surface area contributed by atoms with Crippen LogP contribution < -0.4 is 0 Å². The molecule has 0 saturated carbocycles. The average Bonchev–Trinajstić information content (AvgIpc) is 3.14. The number of hydrogen-bond acceptors (Lipinski definition) is 1. The molecule has 2 nitrogen and oxygen atoms in total. The standard InChI is InChI=1S/C29H34N2/c1-3-5-13-24(4-2)25-18-22-30(23-19-25)20-11-6-12-21-31-28-16-9-7-14-26(28)27-15-8-10-17-29(27)31/h1,4-5,7-10,13-17,25H,6,11-12,18-23H2,2H3/b13-5-,24-4+. The molecule has 31 heavy (non-hydrogen) atoms. The normalized spacial score (nSPS) is 16.5. The monoisotopic (exact) mass is 410 g/mol. The molecule has 1 aliphatic rings. The molecule has 0 spiro atoms. The van der Waals surface area contributed by atoms with E-state index in [0.29, 0.717) is 5.92 Å². The maximum Gasteiger partial charge on any atom is 0.0491 e. The van der Waals surface area contributed by atoms with Gasteiger partial charge in [0, 0.05) is 28.4 Å². The Kier molecular flexibility index (Phi) is 7.28. The lowest BCUT2D eigenvalue weighted by Gasteiger charge is -2.32. The summed E-state index contributed by atoms with van der Waals surface area (Å²) in [5.41, 5.74) is 4.14. The molecule has 0 N–H and O–H groups in total. The lowest BCUT2D eigenvalue weighted by Crippen LogP contribution is -2.34. The maximum absolute atomic E-state index is 5.37. The van der Waals surface area contributed by atoms with E-state index in [-0.39, 0.29) is 0 Å². The lowest BCUT2D eigenvalue weighted by molar-refractivity contribution is 0.196. The summed E-state index contributed by atoms with van der Waals surface area (Å²) in [7, 11) is 0. The fourth-order valence-corrected chi connectivity index (χ4v) is 5.13. The molecule has 1 saturated heterocycles. The van der Waals surface area contributed by atoms with Crippen molar-refractivity contribution in [2.75, 3.05) is 19.6 Å². The Hall–Kier alpha value is -2.76. The van der Waals surface area contributed by atoms with Crippen molar-refractivity contribution in [3.63, 3.8) is 0 Å². The fraction of sp³-hybridized carbons (Fsp3) is 0.379. The number of piperidine rings is 1. The summed E-state index contributed by atoms with van der Waals surface area (Å²) in [6.07, 6.45) is 17.8. The SMILES string of the molecule is C#C/C=C\C(=C/C)C1CCN(CCCCCn2c3ccccc3c3ccccc32)CC1. The molecule has 2 heterocycles. The predicted molar refractivity (Wildman–Crippen MR) is 134 cm³/mol. The molecule has 3 aromatic rings. The van der Waals surface area contributed by atoms with E-state index in [1.54, 1.807) is 0 Å². The summed E-state index contributed by atoms with van der Waals surface area (Å²) in [5.74, 6) is 3.28. The first-order valence-electron chi connectivity index (χ1n) is 11.8. The van der Waals surface area contributed by atoms with E-state index in [1.807, 2.05) is 6.08 Å². The third kappa shape index (κ3) is 4.94. The number of aryl methyl sites for hydroxylation is 1. The van der Waals surface area contributed by atoms with Crippen molar-refractivity contribution < 1.29 is 0 Å². The highest BCUT2D eigenvalue weighted by molar-refractivity contribution is 6.07. The van der Waals surface area contributed by atoms with Crippen molar-refractivity contribution in [1.82, 2.24) is 9.47 Å². The van der Waals surface area contributed by atoms with Gasteiger partial charge in [0.05, 0.1) is 0 Å². The zero-order chi connectivity index (χ0) is 21.5. The van der Waals surface area contributed by atoms with Crippen LogP contribution in [0.15, 0.2) is 72.3 Å². The van der Waals surface area contributed by atoms with Crippen LogP contribution in [0.3, 0.4) is 0 Å². The quantitative estimate of drug-likeness (QED) is 0.225. The first kappa shape index (κ1) is 21.5. The van der Waals surface area contributed by atoms with Crippen LogP contribution in [-0.2, 0) is 6.54 Å². The smallest absolute Gasteiger partial charge is 0.0491 e. The number of aromatic nitrogens is 1. The summed E-state index contributed by atoms with van der Waals surface area (Å²) in [5, 5.41) is 2.75. The Bertz CT molecular complexity index is 1050.